The summed E-state index contributed by atoms with van der Waals surface area (Å²) in [6, 6.07) is 0. The molecule has 0 amide bonds. The van der Waals surface area contributed by atoms with Gasteiger partial charge >= 0.3 is 28.4 Å². The second kappa shape index (κ2) is 44.4. The standard InChI is InChI=1S/C72H96N21O37P7S7/c1-8-36-37(9-55(117-36)92-29-80-57-60(74)76-27-78-62(57)92)125-132(104,139)111-22-45-39(11-50(119-45)87-16-31(2)59(73)82-68(87)98)126-136(108,143)116-26-49-43(15-56(123-49)93-30-81-58-61(75)77-28-79-63(58)93)130-137(109,144)115-25-48-42(14-54(122-48)91-20-35(6)67(97)86-72(91)102)129-135(107,142)114-24-47-41(13-53(121-47)90-19-34(5)66(96)85-71(90)101)128-134(106,141)113-23-46-40(12-52(120-46)89-18-33(4)65(95)84-70(89)100)127-133(105,140)112-21-44-38(124-131(103,138)110-7)10-51(118-44)88-17-32(3)64(94)83-69(88)99/h16-20,27-30,36-56H,8-15,21-26H2,1-7H3,(H,103,138)(H,104,139)(H,105,140)(H,106,141)(H,107,142)(H,108,143)(H,109,144)(H2,73,82,98)(H2,74,76,78)(H2,75,77,79)(H,83,94,99)(H,84,95,100)(H,85,96,101)(H,86,97,102)/p-7/t36-,37?,38?,39?,40?,41?,42?,43?,44-,45-,46-,47-,48-,49-,50-,51-,52-,53-,54-,55-,56-,131?,132?,133?,134?,135?,136?,137?/m1/s1. The van der Waals surface area contributed by atoms with Gasteiger partial charge in [0.25, 0.3) is 22.2 Å². The van der Waals surface area contributed by atoms with Gasteiger partial charge in [-0.3, -0.25) is 75.6 Å². The lowest BCUT2D eigenvalue weighted by atomic mass is 10.1. The fourth-order valence-electron chi connectivity index (χ4n) is 16.7. The lowest BCUT2D eigenvalue weighted by Gasteiger charge is -2.36. The Morgan fingerprint density at radius 3 is 0.903 bits per heavy atom. The van der Waals surface area contributed by atoms with E-state index in [9.17, 15) is 77.1 Å². The molecule has 788 valence electrons. The van der Waals surface area contributed by atoms with Crippen LogP contribution >= 0.6 is 47.1 Å². The molecule has 0 aromatic carbocycles. The number of nitrogens with two attached hydrogens (primary N) is 3. The van der Waals surface area contributed by atoms with Crippen LogP contribution in [0.4, 0.5) is 17.5 Å². The van der Waals surface area contributed by atoms with Crippen molar-refractivity contribution in [3.8, 4) is 0 Å². The SMILES string of the molecule is CC[C@H]1O[C@@H](n2cnc3c(N)ncnc32)CC1OP([O-])(=S)OC[C@H]1O[C@@H](n2cc(C)c(N)nc2=O)CC1OP(=O)([S-])OC[C@H]1O[C@@H](n2cnc3c(N)ncnc32)CC1OP([O-])(=S)OC[C@H]1O[C@@H](n2cc(C)c(=O)[nH]c2=O)CC1OP([O-])(=S)OC[C@H]1O[C@@H](n2cc(C)c(=O)[nH]c2=O)CC1OP([O-])(=S)OC[C@H]1O[C@@H](n2cc(C)c(=O)[nH]c2=O)CC1OP([O-])(=S)OC[C@H]1O[C@@H](n2cc(C)c(=O)[nH]c2=O)CC1OP([O-])(=S)OC. The molecule has 7 saturated heterocycles. The van der Waals surface area contributed by atoms with E-state index < -0.39 is 286 Å². The highest BCUT2D eigenvalue weighted by Crippen LogP contribution is 2.57. The van der Waals surface area contributed by atoms with Crippen LogP contribution in [-0.2, 0) is 184 Å². The van der Waals surface area contributed by atoms with Crippen molar-refractivity contribution in [1.29, 1.82) is 0 Å². The van der Waals surface area contributed by atoms with Gasteiger partial charge in [-0.15, -0.1) is 0 Å². The lowest BCUT2D eigenvalue weighted by Crippen LogP contribution is -2.35. The number of fused-ring (bicyclic) bond motifs is 2. The van der Waals surface area contributed by atoms with E-state index in [4.69, 9.17) is 197 Å². The van der Waals surface area contributed by atoms with E-state index >= 15 is 0 Å². The first-order valence-corrected chi connectivity index (χ1v) is 61.1. The Hall–Kier alpha value is -6.50. The van der Waals surface area contributed by atoms with Gasteiger partial charge in [0, 0.05) is 111 Å². The number of hydrogen-bond donors (Lipinski definition) is 7. The predicted octanol–water partition coefficient (Wildman–Crippen LogP) is -2.56. The van der Waals surface area contributed by atoms with E-state index in [1.807, 2.05) is 0 Å². The van der Waals surface area contributed by atoms with Crippen molar-refractivity contribution in [1.82, 2.24) is 86.8 Å². The van der Waals surface area contributed by atoms with E-state index in [-0.39, 0.29) is 76.6 Å². The summed E-state index contributed by atoms with van der Waals surface area (Å²) < 4.78 is 148. The molecule has 0 bridgehead atoms. The normalized spacial score (nSPS) is 29.7. The monoisotopic (exact) mass is 2280 g/mol. The largest absolute Gasteiger partial charge is 0.780 e. The summed E-state index contributed by atoms with van der Waals surface area (Å²) in [5.41, 5.74) is 11.7. The van der Waals surface area contributed by atoms with Gasteiger partial charge in [-0.1, -0.05) is 77.8 Å². The van der Waals surface area contributed by atoms with Crippen LogP contribution in [0.5, 0.6) is 0 Å². The quantitative estimate of drug-likeness (QED) is 0.0153. The maximum atomic E-state index is 15.0. The Balaban J connectivity index is 0.604. The smallest absolute Gasteiger partial charge is 0.351 e. The molecule has 0 aliphatic carbocycles. The Kier molecular flexibility index (Phi) is 34.0. The van der Waals surface area contributed by atoms with Gasteiger partial charge in [-0.2, -0.15) is 4.98 Å². The van der Waals surface area contributed by atoms with Gasteiger partial charge in [0.15, 0.2) is 29.7 Å². The number of anilines is 3. The minimum atomic E-state index is -5.09. The summed E-state index contributed by atoms with van der Waals surface area (Å²) in [6.45, 7) is -30.1. The molecule has 14 unspecified atom stereocenters. The van der Waals surface area contributed by atoms with Crippen molar-refractivity contribution in [2.24, 2.45) is 0 Å². The third-order valence-electron chi connectivity index (χ3n) is 23.8. The molecule has 58 nitrogen and oxygen atoms in total. The molecular formula is C72H89N21O37P7S7-7. The van der Waals surface area contributed by atoms with Crippen molar-refractivity contribution >= 4 is 170 Å². The van der Waals surface area contributed by atoms with Gasteiger partial charge in [-0.05, 0) is 41.0 Å². The Morgan fingerprint density at radius 1 is 0.361 bits per heavy atom. The van der Waals surface area contributed by atoms with Crippen LogP contribution in [0.25, 0.3) is 22.3 Å². The molecule has 9 aromatic heterocycles. The van der Waals surface area contributed by atoms with E-state index in [0.717, 1.165) is 54.9 Å². The Bertz CT molecular complexity index is 7320. The Morgan fingerprint density at radius 2 is 0.611 bits per heavy atom. The van der Waals surface area contributed by atoms with E-state index in [0.29, 0.717) is 23.1 Å². The average Bonchev–Trinajstić information content (AvgIpc) is 1.60. The highest BCUT2D eigenvalue weighted by Gasteiger charge is 2.49. The summed E-state index contributed by atoms with van der Waals surface area (Å²) in [6.07, 6.45) is -19.7. The van der Waals surface area contributed by atoms with Gasteiger partial charge < -0.3 is 155 Å². The molecule has 7 aliphatic rings. The van der Waals surface area contributed by atoms with Gasteiger partial charge in [0.2, 0.25) is 0 Å². The number of nitrogens with zero attached hydrogens (tertiary/aromatic N) is 14. The minimum absolute atomic E-state index is 0.00302. The molecule has 16 rings (SSSR count). The zero-order valence-corrected chi connectivity index (χ0v) is 87.8. The second-order valence-electron chi connectivity index (χ2n) is 33.6. The Labute approximate surface area is 845 Å². The highest BCUT2D eigenvalue weighted by molar-refractivity contribution is 8.32. The van der Waals surface area contributed by atoms with Crippen molar-refractivity contribution in [2.45, 2.75) is 222 Å². The number of hydrogen-bond acceptors (Lipinski definition) is 54. The molecule has 0 saturated carbocycles. The van der Waals surface area contributed by atoms with Gasteiger partial charge in [0.05, 0.1) is 101 Å². The van der Waals surface area contributed by atoms with Gasteiger partial charge in [0.1, 0.15) is 150 Å². The number of ether oxygens (including phenoxy) is 7. The number of imidazole rings is 2. The van der Waals surface area contributed by atoms with Crippen molar-refractivity contribution in [3.05, 3.63) is 178 Å². The molecule has 7 aliphatic heterocycles. The summed E-state index contributed by atoms with van der Waals surface area (Å²) >= 11 is 37.9. The van der Waals surface area contributed by atoms with Crippen LogP contribution in [0.3, 0.4) is 0 Å². The van der Waals surface area contributed by atoms with E-state index in [2.05, 4.69) is 54.8 Å². The number of H-pyrrole nitrogens is 4. The second-order valence-corrected chi connectivity index (χ2v) is 52.7. The van der Waals surface area contributed by atoms with Crippen LogP contribution in [0, 0.1) is 34.6 Å². The first-order valence-electron chi connectivity index (χ1n) is 43.2. The first kappa shape index (κ1) is 110. The van der Waals surface area contributed by atoms with Crippen LogP contribution in [0.1, 0.15) is 130 Å². The fourth-order valence-corrected chi connectivity index (χ4v) is 26.4. The number of rotatable bonds is 41. The van der Waals surface area contributed by atoms with Crippen LogP contribution in [-0.4, -0.2) is 219 Å². The van der Waals surface area contributed by atoms with E-state index in [1.165, 1.54) is 63.6 Å². The topological polar surface area (TPSA) is 769 Å². The number of aryl methyl sites for hydroxylation is 5. The summed E-state index contributed by atoms with van der Waals surface area (Å²) in [7, 11) is 1.01. The molecule has 16 heterocycles. The van der Waals surface area contributed by atoms with Crippen molar-refractivity contribution in [3.63, 3.8) is 0 Å². The summed E-state index contributed by atoms with van der Waals surface area (Å²) in [5.74, 6) is -0.00927. The number of aromatic amines is 4. The fraction of sp³-hybridized carbons (Fsp3) is 0.583. The van der Waals surface area contributed by atoms with Crippen molar-refractivity contribution < 1.29 is 130 Å². The number of nitrogen functional groups attached to an aromatic ring is 3. The summed E-state index contributed by atoms with van der Waals surface area (Å²) in [5, 5.41) is 0. The summed E-state index contributed by atoms with van der Waals surface area (Å²) in [4.78, 5) is 241. The minimum Gasteiger partial charge on any atom is -0.780 e. The third-order valence-corrected chi connectivity index (χ3v) is 34.9. The first-order chi connectivity index (χ1) is 67.8. The number of aromatic nitrogens is 18. The average molecular weight is 2280 g/mol. The number of nitrogens with one attached hydrogen (secondary N) is 4. The molecule has 0 radical (unpaired) electrons. The third kappa shape index (κ3) is 25.9. The highest BCUT2D eigenvalue weighted by atomic mass is 32.7. The zero-order valence-electron chi connectivity index (χ0n) is 75.8. The molecule has 0 spiro atoms. The molecule has 7 fully saturated rings. The molecule has 28 atom stereocenters. The molecule has 72 heteroatoms. The van der Waals surface area contributed by atoms with Gasteiger partial charge in [-0.25, -0.2) is 53.9 Å². The zero-order chi connectivity index (χ0) is 104. The van der Waals surface area contributed by atoms with E-state index in [1.54, 1.807) is 18.4 Å². The van der Waals surface area contributed by atoms with Crippen LogP contribution in [0.2, 0.25) is 0 Å². The maximum Gasteiger partial charge on any atom is 0.351 e. The molecule has 10 N–H and O–H groups in total. The van der Waals surface area contributed by atoms with Crippen LogP contribution < -0.4 is 97.2 Å². The lowest BCUT2D eigenvalue weighted by molar-refractivity contribution is -0.221. The predicted molar refractivity (Wildman–Crippen MR) is 509 cm³/mol. The molecule has 9 aromatic rings. The molecular weight excluding hydrogens is 2190 g/mol. The molecule has 144 heavy (non-hydrogen) atoms. The maximum absolute atomic E-state index is 15.0. The van der Waals surface area contributed by atoms with Crippen LogP contribution in [0.15, 0.2) is 99.4 Å². The van der Waals surface area contributed by atoms with Crippen molar-refractivity contribution in [2.75, 3.05) is 64.0 Å².